The van der Waals surface area contributed by atoms with Gasteiger partial charge in [-0.15, -0.1) is 0 Å². The second-order valence-corrected chi connectivity index (χ2v) is 5.94. The maximum atomic E-state index is 6.65. The molecule has 0 bridgehead atoms. The molecular formula is C16H16BrN. The van der Waals surface area contributed by atoms with Gasteiger partial charge in [-0.1, -0.05) is 58.4 Å². The van der Waals surface area contributed by atoms with Crippen LogP contribution < -0.4 is 5.73 Å². The number of fused-ring (bicyclic) bond motifs is 1. The Kier molecular flexibility index (Phi) is 3.00. The first kappa shape index (κ1) is 11.9. The van der Waals surface area contributed by atoms with Gasteiger partial charge in [0.1, 0.15) is 0 Å². The monoisotopic (exact) mass is 301 g/mol. The summed E-state index contributed by atoms with van der Waals surface area (Å²) in [7, 11) is 0. The minimum absolute atomic E-state index is 0.208. The van der Waals surface area contributed by atoms with Crippen LogP contribution in [-0.4, -0.2) is 0 Å². The zero-order valence-electron chi connectivity index (χ0n) is 10.2. The predicted octanol–water partition coefficient (Wildman–Crippen LogP) is 3.79. The molecule has 0 fully saturated rings. The fraction of sp³-hybridized carbons (Fsp3) is 0.250. The van der Waals surface area contributed by atoms with Gasteiger partial charge in [0.2, 0.25) is 0 Å². The average molecular weight is 302 g/mol. The van der Waals surface area contributed by atoms with Gasteiger partial charge in [-0.25, -0.2) is 0 Å². The van der Waals surface area contributed by atoms with Gasteiger partial charge in [0.25, 0.3) is 0 Å². The molecular weight excluding hydrogens is 286 g/mol. The van der Waals surface area contributed by atoms with E-state index in [9.17, 15) is 0 Å². The molecule has 0 saturated heterocycles. The zero-order chi connectivity index (χ0) is 12.6. The van der Waals surface area contributed by atoms with Crippen molar-refractivity contribution in [3.05, 3.63) is 69.7 Å². The summed E-state index contributed by atoms with van der Waals surface area (Å²) in [6.07, 6.45) is 3.02. The van der Waals surface area contributed by atoms with Gasteiger partial charge in [0.15, 0.2) is 0 Å². The van der Waals surface area contributed by atoms with Gasteiger partial charge < -0.3 is 5.73 Å². The Hall–Kier alpha value is -1.12. The Morgan fingerprint density at radius 3 is 2.61 bits per heavy atom. The standard InChI is InChI=1S/C16H16BrN/c17-15-8-4-2-6-13(15)11-16(18)10-9-12-5-1-3-7-14(12)16/h1-8H,9-11,18H2. The molecule has 92 valence electrons. The molecule has 1 aliphatic rings. The van der Waals surface area contributed by atoms with Crippen LogP contribution in [0, 0.1) is 0 Å². The highest BCUT2D eigenvalue weighted by Gasteiger charge is 2.34. The van der Waals surface area contributed by atoms with Crippen molar-refractivity contribution in [3.63, 3.8) is 0 Å². The van der Waals surface area contributed by atoms with Crippen molar-refractivity contribution in [3.8, 4) is 0 Å². The van der Waals surface area contributed by atoms with Crippen molar-refractivity contribution >= 4 is 15.9 Å². The summed E-state index contributed by atoms with van der Waals surface area (Å²) in [6, 6.07) is 16.9. The maximum Gasteiger partial charge on any atom is 0.0456 e. The van der Waals surface area contributed by atoms with Gasteiger partial charge in [0.05, 0.1) is 0 Å². The Morgan fingerprint density at radius 1 is 1.06 bits per heavy atom. The zero-order valence-corrected chi connectivity index (χ0v) is 11.8. The van der Waals surface area contributed by atoms with E-state index in [-0.39, 0.29) is 5.54 Å². The number of nitrogens with two attached hydrogens (primary N) is 1. The molecule has 0 saturated carbocycles. The van der Waals surface area contributed by atoms with Gasteiger partial charge >= 0.3 is 0 Å². The normalized spacial score (nSPS) is 21.9. The molecule has 1 atom stereocenters. The second-order valence-electron chi connectivity index (χ2n) is 5.08. The summed E-state index contributed by atoms with van der Waals surface area (Å²) < 4.78 is 1.15. The largest absolute Gasteiger partial charge is 0.321 e. The van der Waals surface area contributed by atoms with E-state index in [1.54, 1.807) is 0 Å². The number of benzene rings is 2. The first-order valence-corrected chi connectivity index (χ1v) is 7.09. The Balaban J connectivity index is 1.96. The van der Waals surface area contributed by atoms with Crippen LogP contribution in [0.5, 0.6) is 0 Å². The highest BCUT2D eigenvalue weighted by Crippen LogP contribution is 2.38. The Bertz CT molecular complexity index is 579. The van der Waals surface area contributed by atoms with E-state index in [1.807, 2.05) is 6.07 Å². The second kappa shape index (κ2) is 4.52. The number of halogens is 1. The summed E-state index contributed by atoms with van der Waals surface area (Å²) in [6.45, 7) is 0. The van der Waals surface area contributed by atoms with Gasteiger partial charge in [0, 0.05) is 10.0 Å². The topological polar surface area (TPSA) is 26.0 Å². The van der Waals surface area contributed by atoms with E-state index in [0.29, 0.717) is 0 Å². The fourth-order valence-electron chi connectivity index (χ4n) is 2.88. The highest BCUT2D eigenvalue weighted by atomic mass is 79.9. The van der Waals surface area contributed by atoms with Crippen LogP contribution >= 0.6 is 15.9 Å². The van der Waals surface area contributed by atoms with Crippen molar-refractivity contribution in [2.45, 2.75) is 24.8 Å². The van der Waals surface area contributed by atoms with Gasteiger partial charge in [-0.05, 0) is 42.0 Å². The van der Waals surface area contributed by atoms with Crippen LogP contribution in [0.25, 0.3) is 0 Å². The van der Waals surface area contributed by atoms with Crippen LogP contribution in [0.4, 0.5) is 0 Å². The molecule has 2 N–H and O–H groups in total. The molecule has 2 aromatic carbocycles. The third kappa shape index (κ3) is 2.00. The lowest BCUT2D eigenvalue weighted by Crippen LogP contribution is -2.36. The lowest BCUT2D eigenvalue weighted by atomic mass is 9.86. The summed E-state index contributed by atoms with van der Waals surface area (Å²) in [5.41, 5.74) is 10.5. The molecule has 0 spiro atoms. The van der Waals surface area contributed by atoms with Crippen molar-refractivity contribution in [1.82, 2.24) is 0 Å². The van der Waals surface area contributed by atoms with E-state index in [2.05, 4.69) is 58.4 Å². The Labute approximate surface area is 116 Å². The molecule has 0 radical (unpaired) electrons. The lowest BCUT2D eigenvalue weighted by molar-refractivity contribution is 0.438. The van der Waals surface area contributed by atoms with E-state index < -0.39 is 0 Å². The van der Waals surface area contributed by atoms with E-state index in [4.69, 9.17) is 5.73 Å². The van der Waals surface area contributed by atoms with Crippen molar-refractivity contribution in [1.29, 1.82) is 0 Å². The smallest absolute Gasteiger partial charge is 0.0456 e. The molecule has 1 nitrogen and oxygen atoms in total. The van der Waals surface area contributed by atoms with Gasteiger partial charge in [-0.2, -0.15) is 0 Å². The fourth-order valence-corrected chi connectivity index (χ4v) is 3.31. The van der Waals surface area contributed by atoms with Crippen molar-refractivity contribution in [2.24, 2.45) is 5.73 Å². The first-order valence-electron chi connectivity index (χ1n) is 6.30. The third-order valence-corrected chi connectivity index (χ3v) is 4.63. The molecule has 18 heavy (non-hydrogen) atoms. The number of aryl methyl sites for hydroxylation is 1. The summed E-state index contributed by atoms with van der Waals surface area (Å²) in [4.78, 5) is 0. The average Bonchev–Trinajstić information content (AvgIpc) is 2.71. The molecule has 3 rings (SSSR count). The molecule has 1 unspecified atom stereocenters. The summed E-state index contributed by atoms with van der Waals surface area (Å²) in [5, 5.41) is 0. The summed E-state index contributed by atoms with van der Waals surface area (Å²) in [5.74, 6) is 0. The third-order valence-electron chi connectivity index (χ3n) is 3.86. The molecule has 2 aromatic rings. The van der Waals surface area contributed by atoms with Crippen LogP contribution in [0.3, 0.4) is 0 Å². The SMILES string of the molecule is NC1(Cc2ccccc2Br)CCc2ccccc21. The van der Waals surface area contributed by atoms with Crippen LogP contribution in [-0.2, 0) is 18.4 Å². The molecule has 0 aliphatic heterocycles. The molecule has 2 heteroatoms. The van der Waals surface area contributed by atoms with Crippen LogP contribution in [0.1, 0.15) is 23.1 Å². The molecule has 1 aliphatic carbocycles. The van der Waals surface area contributed by atoms with E-state index in [1.165, 1.54) is 16.7 Å². The van der Waals surface area contributed by atoms with Crippen molar-refractivity contribution < 1.29 is 0 Å². The van der Waals surface area contributed by atoms with Crippen LogP contribution in [0.15, 0.2) is 53.0 Å². The highest BCUT2D eigenvalue weighted by molar-refractivity contribution is 9.10. The number of hydrogen-bond donors (Lipinski definition) is 1. The van der Waals surface area contributed by atoms with E-state index in [0.717, 1.165) is 23.7 Å². The minimum Gasteiger partial charge on any atom is -0.321 e. The molecule has 0 amide bonds. The maximum absolute atomic E-state index is 6.65. The van der Waals surface area contributed by atoms with E-state index >= 15 is 0 Å². The Morgan fingerprint density at radius 2 is 1.78 bits per heavy atom. The van der Waals surface area contributed by atoms with Crippen LogP contribution in [0.2, 0.25) is 0 Å². The summed E-state index contributed by atoms with van der Waals surface area (Å²) >= 11 is 3.61. The molecule has 0 aromatic heterocycles. The molecule has 0 heterocycles. The lowest BCUT2D eigenvalue weighted by Gasteiger charge is -2.26. The number of rotatable bonds is 2. The minimum atomic E-state index is -0.208. The predicted molar refractivity (Wildman–Crippen MR) is 78.5 cm³/mol. The first-order chi connectivity index (χ1) is 8.69. The number of hydrogen-bond acceptors (Lipinski definition) is 1. The quantitative estimate of drug-likeness (QED) is 0.897. The van der Waals surface area contributed by atoms with Gasteiger partial charge in [-0.3, -0.25) is 0 Å². The van der Waals surface area contributed by atoms with Crippen molar-refractivity contribution in [2.75, 3.05) is 0 Å².